The molecule has 0 amide bonds. The number of thiophene rings is 3. The quantitative estimate of drug-likeness (QED) is 0.312. The van der Waals surface area contributed by atoms with Crippen LogP contribution in [0.1, 0.15) is 10.6 Å². The molecule has 1 aromatic carbocycles. The topological polar surface area (TPSA) is 13.1 Å². The number of aryl methyl sites for hydroxylation is 2. The van der Waals surface area contributed by atoms with Gasteiger partial charge in [0.05, 0.1) is 4.88 Å². The fraction of sp³-hybridized carbons (Fsp3) is 0.100. The molecule has 0 spiro atoms. The highest BCUT2D eigenvalue weighted by molar-refractivity contribution is 7.26. The fourth-order valence-electron chi connectivity index (χ4n) is 2.95. The van der Waals surface area contributed by atoms with E-state index in [2.05, 4.69) is 49.4 Å². The van der Waals surface area contributed by atoms with Crippen molar-refractivity contribution in [1.82, 2.24) is 0 Å². The second kappa shape index (κ2) is 5.31. The maximum atomic E-state index is 5.77. The van der Waals surface area contributed by atoms with Gasteiger partial charge in [0.1, 0.15) is 11.5 Å². The number of furan rings is 1. The summed E-state index contributed by atoms with van der Waals surface area (Å²) in [4.78, 5) is 5.29. The van der Waals surface area contributed by atoms with Gasteiger partial charge in [0, 0.05) is 24.0 Å². The maximum absolute atomic E-state index is 5.77. The van der Waals surface area contributed by atoms with E-state index in [-0.39, 0.29) is 0 Å². The van der Waals surface area contributed by atoms with Crippen LogP contribution in [0.2, 0.25) is 0 Å². The summed E-state index contributed by atoms with van der Waals surface area (Å²) in [5.74, 6) is 1.92. The Morgan fingerprint density at radius 2 is 1.38 bits per heavy atom. The molecule has 4 heteroatoms. The first kappa shape index (κ1) is 14.5. The Labute approximate surface area is 151 Å². The molecule has 0 fully saturated rings. The van der Waals surface area contributed by atoms with Crippen molar-refractivity contribution in [2.75, 3.05) is 0 Å². The van der Waals surface area contributed by atoms with Gasteiger partial charge in [-0.2, -0.15) is 0 Å². The highest BCUT2D eigenvalue weighted by Gasteiger charge is 2.11. The SMILES string of the molecule is Cc1ccc(-c2cc3cc4sc(-c5ccc(C)s5)cc4cc3s2)o1. The van der Waals surface area contributed by atoms with Crippen molar-refractivity contribution in [2.24, 2.45) is 0 Å². The number of fused-ring (bicyclic) bond motifs is 2. The molecular formula is C20H14OS3. The monoisotopic (exact) mass is 366 g/mol. The summed E-state index contributed by atoms with van der Waals surface area (Å²) in [6.45, 7) is 4.15. The average molecular weight is 367 g/mol. The van der Waals surface area contributed by atoms with E-state index >= 15 is 0 Å². The molecule has 0 saturated carbocycles. The highest BCUT2D eigenvalue weighted by Crippen LogP contribution is 2.41. The number of hydrogen-bond donors (Lipinski definition) is 0. The first-order valence-corrected chi connectivity index (χ1v) is 10.2. The van der Waals surface area contributed by atoms with Gasteiger partial charge in [-0.3, -0.25) is 0 Å². The van der Waals surface area contributed by atoms with Gasteiger partial charge in [-0.25, -0.2) is 0 Å². The summed E-state index contributed by atoms with van der Waals surface area (Å²) in [5, 5.41) is 2.63. The molecule has 4 aromatic heterocycles. The van der Waals surface area contributed by atoms with Crippen LogP contribution in [0.15, 0.2) is 52.9 Å². The molecule has 118 valence electrons. The summed E-state index contributed by atoms with van der Waals surface area (Å²) in [7, 11) is 0. The molecule has 5 rings (SSSR count). The lowest BCUT2D eigenvalue weighted by atomic mass is 10.2. The van der Waals surface area contributed by atoms with E-state index < -0.39 is 0 Å². The van der Waals surface area contributed by atoms with Gasteiger partial charge in [-0.1, -0.05) is 0 Å². The third-order valence-electron chi connectivity index (χ3n) is 4.12. The summed E-state index contributed by atoms with van der Waals surface area (Å²) in [6, 6.07) is 17.7. The molecule has 1 nitrogen and oxygen atoms in total. The Morgan fingerprint density at radius 3 is 2.00 bits per heavy atom. The Kier molecular flexibility index (Phi) is 3.20. The molecule has 0 unspecified atom stereocenters. The van der Waals surface area contributed by atoms with Crippen LogP contribution in [-0.4, -0.2) is 0 Å². The Morgan fingerprint density at radius 1 is 0.667 bits per heavy atom. The average Bonchev–Trinajstić information content (AvgIpc) is 3.29. The maximum Gasteiger partial charge on any atom is 0.144 e. The van der Waals surface area contributed by atoms with E-state index in [0.29, 0.717) is 0 Å². The van der Waals surface area contributed by atoms with Crippen LogP contribution >= 0.6 is 34.0 Å². The zero-order valence-electron chi connectivity index (χ0n) is 13.3. The Bertz CT molecular complexity index is 1040. The van der Waals surface area contributed by atoms with Crippen molar-refractivity contribution >= 4 is 54.2 Å². The van der Waals surface area contributed by atoms with Gasteiger partial charge in [0.15, 0.2) is 0 Å². The van der Waals surface area contributed by atoms with Crippen LogP contribution in [0, 0.1) is 13.8 Å². The van der Waals surface area contributed by atoms with Crippen LogP contribution in [-0.2, 0) is 0 Å². The standard InChI is InChI=1S/C20H14OS3/c1-11-3-5-15(21-11)19-9-13-7-18-14(8-17(13)23-19)10-20(24-18)16-6-4-12(2)22-16/h3-10H,1-2H3. The van der Waals surface area contributed by atoms with E-state index in [0.717, 1.165) is 11.5 Å². The van der Waals surface area contributed by atoms with Crippen molar-refractivity contribution < 1.29 is 4.42 Å². The molecular weight excluding hydrogens is 352 g/mol. The van der Waals surface area contributed by atoms with E-state index in [1.807, 2.05) is 35.7 Å². The molecule has 0 bridgehead atoms. The van der Waals surface area contributed by atoms with Crippen LogP contribution in [0.3, 0.4) is 0 Å². The summed E-state index contributed by atoms with van der Waals surface area (Å²) in [6.07, 6.45) is 0. The van der Waals surface area contributed by atoms with Crippen molar-refractivity contribution in [1.29, 1.82) is 0 Å². The first-order chi connectivity index (χ1) is 11.7. The molecule has 0 aliphatic heterocycles. The summed E-state index contributed by atoms with van der Waals surface area (Å²) in [5.41, 5.74) is 0. The van der Waals surface area contributed by atoms with E-state index in [1.165, 1.54) is 39.7 Å². The number of rotatable bonds is 2. The molecule has 0 atom stereocenters. The van der Waals surface area contributed by atoms with Crippen LogP contribution in [0.4, 0.5) is 0 Å². The van der Waals surface area contributed by atoms with E-state index in [9.17, 15) is 0 Å². The zero-order valence-corrected chi connectivity index (χ0v) is 15.7. The van der Waals surface area contributed by atoms with Gasteiger partial charge in [-0.15, -0.1) is 34.0 Å². The third kappa shape index (κ3) is 2.34. The summed E-state index contributed by atoms with van der Waals surface area (Å²) >= 11 is 5.55. The van der Waals surface area contributed by atoms with Gasteiger partial charge < -0.3 is 4.42 Å². The van der Waals surface area contributed by atoms with E-state index in [1.54, 1.807) is 11.3 Å². The molecule has 0 saturated heterocycles. The van der Waals surface area contributed by atoms with Crippen molar-refractivity contribution in [2.45, 2.75) is 13.8 Å². The van der Waals surface area contributed by atoms with Gasteiger partial charge in [0.25, 0.3) is 0 Å². The molecule has 5 aromatic rings. The molecule has 0 N–H and O–H groups in total. The summed E-state index contributed by atoms with van der Waals surface area (Å²) < 4.78 is 8.44. The zero-order chi connectivity index (χ0) is 16.3. The second-order valence-electron chi connectivity index (χ2n) is 5.97. The fourth-order valence-corrected chi connectivity index (χ4v) is 6.05. The molecule has 4 heterocycles. The van der Waals surface area contributed by atoms with Crippen molar-refractivity contribution in [3.8, 4) is 20.4 Å². The van der Waals surface area contributed by atoms with Crippen molar-refractivity contribution in [3.63, 3.8) is 0 Å². The van der Waals surface area contributed by atoms with Gasteiger partial charge in [-0.05, 0) is 73.2 Å². The predicted molar refractivity (Wildman–Crippen MR) is 108 cm³/mol. The third-order valence-corrected chi connectivity index (χ3v) is 7.53. The molecule has 0 aliphatic rings. The second-order valence-corrected chi connectivity index (χ2v) is 9.43. The minimum Gasteiger partial charge on any atom is -0.461 e. The van der Waals surface area contributed by atoms with Gasteiger partial charge in [0.2, 0.25) is 0 Å². The minimum absolute atomic E-state index is 0.958. The lowest BCUT2D eigenvalue weighted by molar-refractivity contribution is 0.549. The molecule has 0 radical (unpaired) electrons. The van der Waals surface area contributed by atoms with Gasteiger partial charge >= 0.3 is 0 Å². The van der Waals surface area contributed by atoms with Crippen LogP contribution in [0.5, 0.6) is 0 Å². The Hall–Kier alpha value is -1.88. The lowest BCUT2D eigenvalue weighted by Gasteiger charge is -1.89. The minimum atomic E-state index is 0.958. The van der Waals surface area contributed by atoms with Crippen LogP contribution in [0.25, 0.3) is 40.6 Å². The normalized spacial score (nSPS) is 11.8. The lowest BCUT2D eigenvalue weighted by Crippen LogP contribution is -1.63. The van der Waals surface area contributed by atoms with E-state index in [4.69, 9.17) is 4.42 Å². The smallest absolute Gasteiger partial charge is 0.144 e. The largest absolute Gasteiger partial charge is 0.461 e. The predicted octanol–water partition coefficient (Wildman–Crippen LogP) is 7.72. The Balaban J connectivity index is 1.64. The molecule has 24 heavy (non-hydrogen) atoms. The van der Waals surface area contributed by atoms with Crippen LogP contribution < -0.4 is 0 Å². The van der Waals surface area contributed by atoms with Crippen molar-refractivity contribution in [3.05, 3.63) is 59.2 Å². The molecule has 0 aliphatic carbocycles. The highest BCUT2D eigenvalue weighted by atomic mass is 32.1. The number of hydrogen-bond acceptors (Lipinski definition) is 4. The first-order valence-electron chi connectivity index (χ1n) is 7.76. The number of benzene rings is 1.